The summed E-state index contributed by atoms with van der Waals surface area (Å²) in [5, 5.41) is 10.6. The standard InChI is InChI=1S/C10H11N3O2/c1-12-6-5-11-10(12)8-3-2-4-9(7-8)13(14)15/h2-4,7H,5-6H2,1H3. The summed E-state index contributed by atoms with van der Waals surface area (Å²) in [5.74, 6) is 0.832. The van der Waals surface area contributed by atoms with Gasteiger partial charge in [0.1, 0.15) is 5.84 Å². The van der Waals surface area contributed by atoms with Crippen molar-refractivity contribution in [3.8, 4) is 0 Å². The molecular formula is C10H11N3O2. The summed E-state index contributed by atoms with van der Waals surface area (Å²) in [6.07, 6.45) is 0. The first kappa shape index (κ1) is 9.64. The normalized spacial score (nSPS) is 15.3. The van der Waals surface area contributed by atoms with Gasteiger partial charge in [0.25, 0.3) is 5.69 Å². The fourth-order valence-corrected chi connectivity index (χ4v) is 1.60. The van der Waals surface area contributed by atoms with Gasteiger partial charge in [-0.3, -0.25) is 15.1 Å². The minimum atomic E-state index is -0.390. The zero-order valence-electron chi connectivity index (χ0n) is 8.38. The van der Waals surface area contributed by atoms with Crippen molar-refractivity contribution in [3.63, 3.8) is 0 Å². The van der Waals surface area contributed by atoms with Gasteiger partial charge in [0.2, 0.25) is 0 Å². The Labute approximate surface area is 87.2 Å². The number of benzene rings is 1. The summed E-state index contributed by atoms with van der Waals surface area (Å²) in [5.41, 5.74) is 0.916. The maximum Gasteiger partial charge on any atom is 0.270 e. The molecule has 1 heterocycles. The molecule has 0 unspecified atom stereocenters. The molecule has 0 radical (unpaired) electrons. The zero-order chi connectivity index (χ0) is 10.8. The number of rotatable bonds is 2. The molecule has 78 valence electrons. The molecular weight excluding hydrogens is 194 g/mol. The van der Waals surface area contributed by atoms with E-state index in [1.807, 2.05) is 18.0 Å². The van der Waals surface area contributed by atoms with Crippen LogP contribution in [-0.2, 0) is 0 Å². The molecule has 0 atom stereocenters. The predicted octanol–water partition coefficient (Wildman–Crippen LogP) is 1.29. The molecule has 5 nitrogen and oxygen atoms in total. The van der Waals surface area contributed by atoms with Crippen LogP contribution in [0.25, 0.3) is 0 Å². The van der Waals surface area contributed by atoms with Crippen LogP contribution >= 0.6 is 0 Å². The van der Waals surface area contributed by atoms with Crippen molar-refractivity contribution < 1.29 is 4.92 Å². The minimum absolute atomic E-state index is 0.107. The summed E-state index contributed by atoms with van der Waals surface area (Å²) >= 11 is 0. The third-order valence-electron chi connectivity index (χ3n) is 2.37. The van der Waals surface area contributed by atoms with E-state index in [1.165, 1.54) is 6.07 Å². The lowest BCUT2D eigenvalue weighted by molar-refractivity contribution is -0.384. The quantitative estimate of drug-likeness (QED) is 0.540. The first-order valence-corrected chi connectivity index (χ1v) is 4.69. The number of nitro groups is 1. The van der Waals surface area contributed by atoms with E-state index < -0.39 is 0 Å². The second-order valence-corrected chi connectivity index (χ2v) is 3.43. The molecule has 0 saturated carbocycles. The maximum absolute atomic E-state index is 10.6. The molecule has 0 aromatic heterocycles. The highest BCUT2D eigenvalue weighted by molar-refractivity contribution is 6.00. The second-order valence-electron chi connectivity index (χ2n) is 3.43. The summed E-state index contributed by atoms with van der Waals surface area (Å²) in [4.78, 5) is 16.5. The second kappa shape index (κ2) is 3.68. The van der Waals surface area contributed by atoms with Crippen molar-refractivity contribution in [1.82, 2.24) is 4.90 Å². The molecule has 1 aliphatic rings. The van der Waals surface area contributed by atoms with Crippen LogP contribution in [-0.4, -0.2) is 35.8 Å². The molecule has 0 aliphatic carbocycles. The van der Waals surface area contributed by atoms with Crippen LogP contribution in [0.3, 0.4) is 0 Å². The monoisotopic (exact) mass is 205 g/mol. The average molecular weight is 205 g/mol. The summed E-state index contributed by atoms with van der Waals surface area (Å²) < 4.78 is 0. The van der Waals surface area contributed by atoms with E-state index >= 15 is 0 Å². The maximum atomic E-state index is 10.6. The van der Waals surface area contributed by atoms with Gasteiger partial charge in [-0.05, 0) is 0 Å². The van der Waals surface area contributed by atoms with Gasteiger partial charge in [0.05, 0.1) is 11.5 Å². The van der Waals surface area contributed by atoms with Gasteiger partial charge < -0.3 is 4.90 Å². The summed E-state index contributed by atoms with van der Waals surface area (Å²) in [6.45, 7) is 1.63. The Morgan fingerprint density at radius 2 is 2.33 bits per heavy atom. The van der Waals surface area contributed by atoms with Crippen molar-refractivity contribution >= 4 is 11.5 Å². The number of non-ortho nitro benzene ring substituents is 1. The van der Waals surface area contributed by atoms with E-state index in [1.54, 1.807) is 12.1 Å². The number of nitrogens with zero attached hydrogens (tertiary/aromatic N) is 3. The third-order valence-corrected chi connectivity index (χ3v) is 2.37. The van der Waals surface area contributed by atoms with Crippen LogP contribution in [0.5, 0.6) is 0 Å². The average Bonchev–Trinajstić information content (AvgIpc) is 2.64. The van der Waals surface area contributed by atoms with Crippen LogP contribution in [0.2, 0.25) is 0 Å². The van der Waals surface area contributed by atoms with Crippen LogP contribution in [0.15, 0.2) is 29.3 Å². The Balaban J connectivity index is 2.37. The van der Waals surface area contributed by atoms with Crippen LogP contribution < -0.4 is 0 Å². The number of hydrogen-bond acceptors (Lipinski definition) is 4. The Morgan fingerprint density at radius 3 is 2.93 bits per heavy atom. The molecule has 0 N–H and O–H groups in total. The topological polar surface area (TPSA) is 58.7 Å². The molecule has 15 heavy (non-hydrogen) atoms. The van der Waals surface area contributed by atoms with Gasteiger partial charge in [-0.15, -0.1) is 0 Å². The van der Waals surface area contributed by atoms with Crippen LogP contribution in [0.4, 0.5) is 5.69 Å². The van der Waals surface area contributed by atoms with Crippen molar-refractivity contribution in [1.29, 1.82) is 0 Å². The van der Waals surface area contributed by atoms with E-state index in [4.69, 9.17) is 0 Å². The Hall–Kier alpha value is -1.91. The minimum Gasteiger partial charge on any atom is -0.358 e. The summed E-state index contributed by atoms with van der Waals surface area (Å²) in [7, 11) is 1.94. The number of likely N-dealkylation sites (N-methyl/N-ethyl adjacent to an activating group) is 1. The molecule has 1 aromatic carbocycles. The molecule has 0 amide bonds. The molecule has 5 heteroatoms. The highest BCUT2D eigenvalue weighted by atomic mass is 16.6. The number of amidine groups is 1. The lowest BCUT2D eigenvalue weighted by Crippen LogP contribution is -2.23. The fourth-order valence-electron chi connectivity index (χ4n) is 1.60. The molecule has 1 aromatic rings. The Kier molecular flexibility index (Phi) is 2.37. The molecule has 2 rings (SSSR count). The lowest BCUT2D eigenvalue weighted by atomic mass is 10.2. The van der Waals surface area contributed by atoms with Crippen molar-refractivity contribution in [2.75, 3.05) is 20.1 Å². The van der Waals surface area contributed by atoms with Gasteiger partial charge in [0, 0.05) is 31.3 Å². The summed E-state index contributed by atoms with van der Waals surface area (Å²) in [6, 6.07) is 6.56. The first-order valence-electron chi connectivity index (χ1n) is 4.69. The lowest BCUT2D eigenvalue weighted by Gasteiger charge is -2.13. The van der Waals surface area contributed by atoms with Gasteiger partial charge in [-0.25, -0.2) is 0 Å². The molecule has 0 bridgehead atoms. The Morgan fingerprint density at radius 1 is 1.53 bits per heavy atom. The third kappa shape index (κ3) is 1.81. The SMILES string of the molecule is CN1CCN=C1c1cccc([N+](=O)[O-])c1. The Bertz CT molecular complexity index is 428. The van der Waals surface area contributed by atoms with Crippen molar-refractivity contribution in [2.24, 2.45) is 4.99 Å². The van der Waals surface area contributed by atoms with Crippen LogP contribution in [0.1, 0.15) is 5.56 Å². The zero-order valence-corrected chi connectivity index (χ0v) is 8.38. The van der Waals surface area contributed by atoms with Gasteiger partial charge in [-0.1, -0.05) is 12.1 Å². The van der Waals surface area contributed by atoms with Crippen molar-refractivity contribution in [3.05, 3.63) is 39.9 Å². The fraction of sp³-hybridized carbons (Fsp3) is 0.300. The number of aliphatic imine (C=N–C) groups is 1. The molecule has 1 aliphatic heterocycles. The highest BCUT2D eigenvalue weighted by Crippen LogP contribution is 2.16. The smallest absolute Gasteiger partial charge is 0.270 e. The van der Waals surface area contributed by atoms with Gasteiger partial charge in [-0.2, -0.15) is 0 Å². The van der Waals surface area contributed by atoms with E-state index in [-0.39, 0.29) is 10.6 Å². The highest BCUT2D eigenvalue weighted by Gasteiger charge is 2.16. The first-order chi connectivity index (χ1) is 7.18. The number of hydrogen-bond donors (Lipinski definition) is 0. The molecule has 0 spiro atoms. The van der Waals surface area contributed by atoms with Gasteiger partial charge >= 0.3 is 0 Å². The van der Waals surface area contributed by atoms with E-state index in [0.717, 1.165) is 24.5 Å². The number of nitro benzene ring substituents is 1. The predicted molar refractivity (Wildman–Crippen MR) is 57.1 cm³/mol. The largest absolute Gasteiger partial charge is 0.358 e. The van der Waals surface area contributed by atoms with Gasteiger partial charge in [0.15, 0.2) is 0 Å². The molecule has 0 saturated heterocycles. The van der Waals surface area contributed by atoms with Crippen molar-refractivity contribution in [2.45, 2.75) is 0 Å². The van der Waals surface area contributed by atoms with E-state index in [0.29, 0.717) is 0 Å². The molecule has 0 fully saturated rings. The van der Waals surface area contributed by atoms with Crippen LogP contribution in [0, 0.1) is 10.1 Å². The van der Waals surface area contributed by atoms with E-state index in [2.05, 4.69) is 4.99 Å². The van der Waals surface area contributed by atoms with E-state index in [9.17, 15) is 10.1 Å².